The van der Waals surface area contributed by atoms with Crippen LogP contribution in [0.3, 0.4) is 0 Å². The summed E-state index contributed by atoms with van der Waals surface area (Å²) in [7, 11) is 0. The third-order valence-corrected chi connectivity index (χ3v) is 11.3. The molecule has 12 rings (SSSR count). The van der Waals surface area contributed by atoms with Gasteiger partial charge < -0.3 is 8.98 Å². The Bertz CT molecular complexity index is 3450. The van der Waals surface area contributed by atoms with Crippen molar-refractivity contribution in [1.29, 1.82) is 0 Å². The van der Waals surface area contributed by atoms with Crippen molar-refractivity contribution in [2.75, 3.05) is 0 Å². The van der Waals surface area contributed by atoms with Crippen molar-refractivity contribution in [2.24, 2.45) is 0 Å². The number of hydrogen-bond acceptors (Lipinski definition) is 3. The van der Waals surface area contributed by atoms with Gasteiger partial charge >= 0.3 is 0 Å². The number of rotatable bonds is 5. The van der Waals surface area contributed by atoms with E-state index in [1.54, 1.807) is 0 Å². The van der Waals surface area contributed by atoms with E-state index in [1.807, 2.05) is 24.3 Å². The number of benzene rings is 8. The smallest absolute Gasteiger partial charge is 0.235 e. The van der Waals surface area contributed by atoms with E-state index < -0.39 is 0 Å². The summed E-state index contributed by atoms with van der Waals surface area (Å²) in [4.78, 5) is 10.6. The van der Waals surface area contributed by atoms with Crippen LogP contribution in [-0.2, 0) is 0 Å². The average Bonchev–Trinajstić information content (AvgIpc) is 3.93. The number of furan rings is 1. The lowest BCUT2D eigenvalue weighted by Gasteiger charge is -2.12. The van der Waals surface area contributed by atoms with Gasteiger partial charge in [-0.25, -0.2) is 9.97 Å². The summed E-state index contributed by atoms with van der Waals surface area (Å²) in [5.74, 6) is 0.605. The van der Waals surface area contributed by atoms with Crippen molar-refractivity contribution in [1.82, 2.24) is 19.1 Å². The zero-order valence-corrected chi connectivity index (χ0v) is 30.7. The van der Waals surface area contributed by atoms with E-state index in [1.165, 1.54) is 21.8 Å². The fraction of sp³-hybridized carbons (Fsp3) is 0. The Morgan fingerprint density at radius 3 is 1.53 bits per heavy atom. The minimum absolute atomic E-state index is 0.605. The molecule has 266 valence electrons. The predicted octanol–water partition coefficient (Wildman–Crippen LogP) is 13.6. The quantitative estimate of drug-likeness (QED) is 0.177. The summed E-state index contributed by atoms with van der Waals surface area (Å²) < 4.78 is 11.0. The number of hydrogen-bond donors (Lipinski definition) is 0. The fourth-order valence-corrected chi connectivity index (χ4v) is 8.69. The van der Waals surface area contributed by atoms with E-state index in [0.717, 1.165) is 83.1 Å². The van der Waals surface area contributed by atoms with Crippen molar-refractivity contribution in [3.63, 3.8) is 0 Å². The highest BCUT2D eigenvalue weighted by molar-refractivity contribution is 6.18. The van der Waals surface area contributed by atoms with Crippen LogP contribution in [0.5, 0.6) is 0 Å². The van der Waals surface area contributed by atoms with Gasteiger partial charge in [0, 0.05) is 55.2 Å². The number of aromatic nitrogens is 4. The van der Waals surface area contributed by atoms with E-state index in [0.29, 0.717) is 5.95 Å². The Labute approximate surface area is 327 Å². The second-order valence-corrected chi connectivity index (χ2v) is 14.6. The van der Waals surface area contributed by atoms with Crippen molar-refractivity contribution in [2.45, 2.75) is 0 Å². The zero-order valence-electron chi connectivity index (χ0n) is 30.7. The topological polar surface area (TPSA) is 48.8 Å². The van der Waals surface area contributed by atoms with Gasteiger partial charge in [-0.1, -0.05) is 127 Å². The number of para-hydroxylation sites is 3. The van der Waals surface area contributed by atoms with Crippen LogP contribution in [0.25, 0.3) is 111 Å². The van der Waals surface area contributed by atoms with Crippen LogP contribution in [-0.4, -0.2) is 19.1 Å². The molecule has 0 amide bonds. The molecule has 4 aromatic heterocycles. The molecule has 0 aliphatic heterocycles. The fourth-order valence-electron chi connectivity index (χ4n) is 8.69. The van der Waals surface area contributed by atoms with Gasteiger partial charge in [-0.15, -0.1) is 0 Å². The van der Waals surface area contributed by atoms with Crippen LogP contribution in [0.4, 0.5) is 0 Å². The molecule has 0 radical (unpaired) electrons. The van der Waals surface area contributed by atoms with Gasteiger partial charge in [0.05, 0.1) is 33.5 Å². The van der Waals surface area contributed by atoms with E-state index >= 15 is 0 Å². The first-order valence-electron chi connectivity index (χ1n) is 19.2. The molecule has 0 N–H and O–H groups in total. The summed E-state index contributed by atoms with van der Waals surface area (Å²) in [6.45, 7) is 0. The molecule has 12 aromatic rings. The van der Waals surface area contributed by atoms with Gasteiger partial charge in [0.25, 0.3) is 0 Å². The molecule has 0 fully saturated rings. The molecule has 8 aromatic carbocycles. The van der Waals surface area contributed by atoms with Crippen LogP contribution in [0.1, 0.15) is 0 Å². The molecule has 57 heavy (non-hydrogen) atoms. The summed E-state index contributed by atoms with van der Waals surface area (Å²) >= 11 is 0. The summed E-state index contributed by atoms with van der Waals surface area (Å²) in [5, 5.41) is 6.87. The highest BCUT2D eigenvalue weighted by Gasteiger charge is 2.21. The number of nitrogens with zero attached hydrogens (tertiary/aromatic N) is 4. The number of fused-ring (bicyclic) bond motifs is 9. The van der Waals surface area contributed by atoms with Crippen LogP contribution in [0.2, 0.25) is 0 Å². The Morgan fingerprint density at radius 2 is 0.842 bits per heavy atom. The van der Waals surface area contributed by atoms with Gasteiger partial charge in [-0.2, -0.15) is 0 Å². The molecule has 0 aliphatic rings. The molecule has 5 nitrogen and oxygen atoms in total. The standard InChI is InChI=1S/C52H32N4O/c1-4-14-33(15-5-1)44-31-45(34-16-6-2-7-17-34)54-52(53-44)56-48-27-25-36(29-41(48)42-30-43-39-21-11-13-23-50(39)57-51(43)32-49(42)56)35-24-26-47-40(28-35)38-20-10-12-22-46(38)55(47)37-18-8-3-9-19-37/h1-32H. The first-order valence-corrected chi connectivity index (χ1v) is 19.2. The van der Waals surface area contributed by atoms with Gasteiger partial charge in [0.15, 0.2) is 0 Å². The van der Waals surface area contributed by atoms with Crippen LogP contribution in [0.15, 0.2) is 199 Å². The minimum atomic E-state index is 0.605. The first kappa shape index (κ1) is 31.6. The maximum Gasteiger partial charge on any atom is 0.235 e. The molecule has 0 unspecified atom stereocenters. The van der Waals surface area contributed by atoms with E-state index in [2.05, 4.69) is 179 Å². The first-order chi connectivity index (χ1) is 28.2. The van der Waals surface area contributed by atoms with E-state index in [-0.39, 0.29) is 0 Å². The normalized spacial score (nSPS) is 11.9. The van der Waals surface area contributed by atoms with Crippen LogP contribution in [0, 0.1) is 0 Å². The summed E-state index contributed by atoms with van der Waals surface area (Å²) in [5.41, 5.74) is 13.3. The molecule has 0 bridgehead atoms. The maximum atomic E-state index is 6.48. The van der Waals surface area contributed by atoms with E-state index in [4.69, 9.17) is 14.4 Å². The van der Waals surface area contributed by atoms with Crippen LogP contribution < -0.4 is 0 Å². The second-order valence-electron chi connectivity index (χ2n) is 14.6. The third-order valence-electron chi connectivity index (χ3n) is 11.3. The lowest BCUT2D eigenvalue weighted by Crippen LogP contribution is -2.04. The molecule has 0 spiro atoms. The molecular formula is C52H32N4O. The van der Waals surface area contributed by atoms with Crippen molar-refractivity contribution in [3.05, 3.63) is 194 Å². The zero-order chi connectivity index (χ0) is 37.5. The Morgan fingerprint density at radius 1 is 0.316 bits per heavy atom. The molecule has 0 atom stereocenters. The Hall–Kier alpha value is -7.76. The monoisotopic (exact) mass is 728 g/mol. The highest BCUT2D eigenvalue weighted by Crippen LogP contribution is 2.41. The molecule has 5 heteroatoms. The predicted molar refractivity (Wildman–Crippen MR) is 234 cm³/mol. The van der Waals surface area contributed by atoms with Crippen molar-refractivity contribution >= 4 is 65.6 Å². The summed E-state index contributed by atoms with van der Waals surface area (Å²) in [6, 6.07) is 68.4. The maximum absolute atomic E-state index is 6.48. The van der Waals surface area contributed by atoms with Gasteiger partial charge in [-0.3, -0.25) is 4.57 Å². The molecule has 0 saturated heterocycles. The lowest BCUT2D eigenvalue weighted by atomic mass is 10.00. The average molecular weight is 729 g/mol. The van der Waals surface area contributed by atoms with Crippen molar-refractivity contribution < 1.29 is 4.42 Å². The Kier molecular flexibility index (Phi) is 6.86. The molecule has 0 saturated carbocycles. The lowest BCUT2D eigenvalue weighted by molar-refractivity contribution is 0.669. The highest BCUT2D eigenvalue weighted by atomic mass is 16.3. The molecule has 0 aliphatic carbocycles. The second kappa shape index (κ2) is 12.4. The van der Waals surface area contributed by atoms with Crippen molar-refractivity contribution in [3.8, 4) is 45.3 Å². The molecule has 4 heterocycles. The summed E-state index contributed by atoms with van der Waals surface area (Å²) in [6.07, 6.45) is 0. The van der Waals surface area contributed by atoms with Crippen LogP contribution >= 0.6 is 0 Å². The third kappa shape index (κ3) is 4.96. The van der Waals surface area contributed by atoms with Gasteiger partial charge in [-0.05, 0) is 71.8 Å². The minimum Gasteiger partial charge on any atom is -0.456 e. The van der Waals surface area contributed by atoms with Gasteiger partial charge in [0.2, 0.25) is 5.95 Å². The Balaban J connectivity index is 1.12. The largest absolute Gasteiger partial charge is 0.456 e. The molecular weight excluding hydrogens is 697 g/mol. The van der Waals surface area contributed by atoms with E-state index in [9.17, 15) is 0 Å². The SMILES string of the molecule is c1ccc(-c2cc(-c3ccccc3)nc(-n3c4ccc(-c5ccc6c(c5)c5ccccc5n6-c5ccccc5)cc4c4cc5c(cc43)oc3ccccc35)n2)cc1. The van der Waals surface area contributed by atoms with Gasteiger partial charge in [0.1, 0.15) is 11.2 Å².